The minimum absolute atomic E-state index is 0. The van der Waals surface area contributed by atoms with Gasteiger partial charge in [0.05, 0.1) is 11.6 Å². The molecule has 1 heterocycles. The van der Waals surface area contributed by atoms with E-state index in [2.05, 4.69) is 5.16 Å². The van der Waals surface area contributed by atoms with Crippen molar-refractivity contribution in [2.24, 2.45) is 5.73 Å². The van der Waals surface area contributed by atoms with E-state index in [1.54, 1.807) is 6.07 Å². The highest BCUT2D eigenvalue weighted by Gasteiger charge is 2.07. The average molecular weight is 245 g/mol. The fraction of sp³-hybridized carbons (Fsp3) is 0.100. The van der Waals surface area contributed by atoms with Crippen LogP contribution in [0.2, 0.25) is 5.02 Å². The minimum Gasteiger partial charge on any atom is -0.359 e. The van der Waals surface area contributed by atoms with Gasteiger partial charge in [-0.3, -0.25) is 0 Å². The van der Waals surface area contributed by atoms with Crippen LogP contribution in [0.3, 0.4) is 0 Å². The molecule has 5 heteroatoms. The molecule has 2 N–H and O–H groups in total. The molecule has 0 spiro atoms. The second-order valence-electron chi connectivity index (χ2n) is 2.86. The summed E-state index contributed by atoms with van der Waals surface area (Å²) >= 11 is 6.00. The Balaban J connectivity index is 0.00000112. The van der Waals surface area contributed by atoms with Gasteiger partial charge in [0.2, 0.25) is 0 Å². The molecule has 1 aromatic carbocycles. The Bertz CT molecular complexity index is 442. The van der Waals surface area contributed by atoms with Crippen molar-refractivity contribution in [1.82, 2.24) is 5.16 Å². The number of halogens is 2. The molecule has 1 aromatic heterocycles. The summed E-state index contributed by atoms with van der Waals surface area (Å²) in [7, 11) is 0. The van der Waals surface area contributed by atoms with Gasteiger partial charge in [-0.05, 0) is 6.07 Å². The van der Waals surface area contributed by atoms with Gasteiger partial charge in [-0.15, -0.1) is 12.4 Å². The maximum absolute atomic E-state index is 6.00. The van der Waals surface area contributed by atoms with Crippen LogP contribution >= 0.6 is 24.0 Å². The maximum atomic E-state index is 6.00. The van der Waals surface area contributed by atoms with Gasteiger partial charge in [0, 0.05) is 11.6 Å². The van der Waals surface area contributed by atoms with E-state index in [1.165, 1.54) is 0 Å². The largest absolute Gasteiger partial charge is 0.359 e. The van der Waals surface area contributed by atoms with Gasteiger partial charge in [-0.2, -0.15) is 0 Å². The van der Waals surface area contributed by atoms with Crippen molar-refractivity contribution in [3.63, 3.8) is 0 Å². The topological polar surface area (TPSA) is 52.0 Å². The fourth-order valence-electron chi connectivity index (χ4n) is 1.21. The monoisotopic (exact) mass is 244 g/mol. The van der Waals surface area contributed by atoms with Crippen LogP contribution in [0.15, 0.2) is 34.9 Å². The van der Waals surface area contributed by atoms with Crippen LogP contribution in [-0.2, 0) is 6.54 Å². The van der Waals surface area contributed by atoms with Gasteiger partial charge in [0.1, 0.15) is 5.69 Å². The zero-order valence-corrected chi connectivity index (χ0v) is 9.39. The first kappa shape index (κ1) is 12.0. The van der Waals surface area contributed by atoms with E-state index in [-0.39, 0.29) is 12.4 Å². The lowest BCUT2D eigenvalue weighted by molar-refractivity contribution is 0.387. The molecule has 80 valence electrons. The SMILES string of the molecule is Cl.NCc1cc(-c2ccccc2Cl)no1. The zero-order valence-electron chi connectivity index (χ0n) is 7.81. The van der Waals surface area contributed by atoms with Gasteiger partial charge in [0.15, 0.2) is 5.76 Å². The van der Waals surface area contributed by atoms with Crippen molar-refractivity contribution in [2.75, 3.05) is 0 Å². The van der Waals surface area contributed by atoms with Crippen LogP contribution in [0, 0.1) is 0 Å². The summed E-state index contributed by atoms with van der Waals surface area (Å²) in [6, 6.07) is 9.27. The van der Waals surface area contributed by atoms with Gasteiger partial charge in [-0.25, -0.2) is 0 Å². The Kier molecular flexibility index (Phi) is 4.15. The zero-order chi connectivity index (χ0) is 9.97. The smallest absolute Gasteiger partial charge is 0.150 e. The summed E-state index contributed by atoms with van der Waals surface area (Å²) in [5.74, 6) is 0.653. The molecule has 0 aliphatic rings. The first-order valence-electron chi connectivity index (χ1n) is 4.22. The summed E-state index contributed by atoms with van der Waals surface area (Å²) in [5, 5.41) is 4.54. The second-order valence-corrected chi connectivity index (χ2v) is 3.27. The third-order valence-corrected chi connectivity index (χ3v) is 2.24. The van der Waals surface area contributed by atoms with Crippen molar-refractivity contribution in [3.8, 4) is 11.3 Å². The lowest BCUT2D eigenvalue weighted by Gasteiger charge is -1.96. The number of rotatable bonds is 2. The highest BCUT2D eigenvalue weighted by Crippen LogP contribution is 2.26. The number of aromatic nitrogens is 1. The van der Waals surface area contributed by atoms with Crippen molar-refractivity contribution in [3.05, 3.63) is 41.1 Å². The first-order chi connectivity index (χ1) is 6.81. The van der Waals surface area contributed by atoms with Crippen molar-refractivity contribution in [2.45, 2.75) is 6.54 Å². The molecule has 3 nitrogen and oxygen atoms in total. The van der Waals surface area contributed by atoms with E-state index < -0.39 is 0 Å². The molecular weight excluding hydrogens is 235 g/mol. The van der Waals surface area contributed by atoms with Crippen LogP contribution in [0.5, 0.6) is 0 Å². The van der Waals surface area contributed by atoms with Crippen molar-refractivity contribution >= 4 is 24.0 Å². The van der Waals surface area contributed by atoms with Crippen LogP contribution in [0.4, 0.5) is 0 Å². The Hall–Kier alpha value is -1.03. The number of hydrogen-bond donors (Lipinski definition) is 1. The van der Waals surface area contributed by atoms with Crippen molar-refractivity contribution < 1.29 is 4.52 Å². The van der Waals surface area contributed by atoms with Crippen LogP contribution in [0.25, 0.3) is 11.3 Å². The van der Waals surface area contributed by atoms with Crippen LogP contribution < -0.4 is 5.73 Å². The van der Waals surface area contributed by atoms with E-state index in [9.17, 15) is 0 Å². The number of nitrogens with two attached hydrogens (primary N) is 1. The van der Waals surface area contributed by atoms with Gasteiger partial charge in [-0.1, -0.05) is 35.0 Å². The quantitative estimate of drug-likeness (QED) is 0.884. The summed E-state index contributed by atoms with van der Waals surface area (Å²) in [5.41, 5.74) is 6.99. The summed E-state index contributed by atoms with van der Waals surface area (Å²) in [6.45, 7) is 0.345. The Morgan fingerprint density at radius 2 is 2.07 bits per heavy atom. The van der Waals surface area contributed by atoms with E-state index in [4.69, 9.17) is 21.9 Å². The Morgan fingerprint density at radius 3 is 2.67 bits per heavy atom. The van der Waals surface area contributed by atoms with Gasteiger partial charge in [0.25, 0.3) is 0 Å². The molecule has 0 radical (unpaired) electrons. The third kappa shape index (κ3) is 2.50. The molecule has 2 aromatic rings. The predicted octanol–water partition coefficient (Wildman–Crippen LogP) is 2.88. The van der Waals surface area contributed by atoms with E-state index in [1.807, 2.05) is 24.3 Å². The Labute approximate surface area is 98.6 Å². The highest BCUT2D eigenvalue weighted by atomic mass is 35.5. The number of benzene rings is 1. The highest BCUT2D eigenvalue weighted by molar-refractivity contribution is 6.33. The molecule has 0 unspecified atom stereocenters. The maximum Gasteiger partial charge on any atom is 0.150 e. The lowest BCUT2D eigenvalue weighted by Crippen LogP contribution is -1.92. The molecule has 0 aliphatic heterocycles. The summed E-state index contributed by atoms with van der Waals surface area (Å²) in [6.07, 6.45) is 0. The van der Waals surface area contributed by atoms with Crippen molar-refractivity contribution in [1.29, 1.82) is 0 Å². The number of hydrogen-bond acceptors (Lipinski definition) is 3. The molecule has 0 atom stereocenters. The fourth-order valence-corrected chi connectivity index (χ4v) is 1.44. The molecule has 0 saturated carbocycles. The van der Waals surface area contributed by atoms with Gasteiger partial charge >= 0.3 is 0 Å². The standard InChI is InChI=1S/C10H9ClN2O.ClH/c11-9-4-2-1-3-8(9)10-5-7(6-12)14-13-10;/h1-5H,6,12H2;1H. The molecule has 2 rings (SSSR count). The van der Waals surface area contributed by atoms with Gasteiger partial charge < -0.3 is 10.3 Å². The molecule has 0 amide bonds. The Morgan fingerprint density at radius 1 is 1.33 bits per heavy atom. The summed E-state index contributed by atoms with van der Waals surface area (Å²) < 4.78 is 4.99. The average Bonchev–Trinajstić information content (AvgIpc) is 2.67. The van der Waals surface area contributed by atoms with E-state index >= 15 is 0 Å². The minimum atomic E-state index is 0. The summed E-state index contributed by atoms with van der Waals surface area (Å²) in [4.78, 5) is 0. The molecule has 0 fully saturated rings. The van der Waals surface area contributed by atoms with Crippen LogP contribution in [-0.4, -0.2) is 5.16 Å². The predicted molar refractivity (Wildman–Crippen MR) is 62.1 cm³/mol. The first-order valence-corrected chi connectivity index (χ1v) is 4.59. The number of nitrogens with zero attached hydrogens (tertiary/aromatic N) is 1. The normalized spacial score (nSPS) is 9.73. The molecule has 0 aliphatic carbocycles. The molecule has 15 heavy (non-hydrogen) atoms. The third-order valence-electron chi connectivity index (χ3n) is 1.91. The van der Waals surface area contributed by atoms with E-state index in [0.29, 0.717) is 17.3 Å². The van der Waals surface area contributed by atoms with E-state index in [0.717, 1.165) is 11.3 Å². The van der Waals surface area contributed by atoms with Crippen LogP contribution in [0.1, 0.15) is 5.76 Å². The lowest BCUT2D eigenvalue weighted by atomic mass is 10.1. The second kappa shape index (κ2) is 5.16. The molecule has 0 bridgehead atoms. The molecular formula is C10H10Cl2N2O. The molecule has 0 saturated heterocycles.